The van der Waals surface area contributed by atoms with Gasteiger partial charge in [0.25, 0.3) is 0 Å². The molecule has 0 saturated carbocycles. The van der Waals surface area contributed by atoms with E-state index < -0.39 is 0 Å². The van der Waals surface area contributed by atoms with Crippen molar-refractivity contribution in [2.24, 2.45) is 21.7 Å². The normalized spacial score (nSPS) is 10.7. The molecule has 0 saturated heterocycles. The maximum atomic E-state index is 5.28. The number of para-hydroxylation sites is 1. The van der Waals surface area contributed by atoms with Crippen LogP contribution in [0.4, 0.5) is 11.4 Å². The van der Waals surface area contributed by atoms with Crippen LogP contribution in [0, 0.1) is 0 Å². The van der Waals surface area contributed by atoms with E-state index in [0.717, 1.165) is 22.6 Å². The Labute approximate surface area is 140 Å². The maximum Gasteiger partial charge on any atom is 0.211 e. The maximum absolute atomic E-state index is 5.28. The minimum atomic E-state index is -0.0695. The average molecular weight is 326 g/mol. The van der Waals surface area contributed by atoms with Crippen LogP contribution in [-0.2, 0) is 0 Å². The van der Waals surface area contributed by atoms with Gasteiger partial charge in [-0.25, -0.2) is 0 Å². The summed E-state index contributed by atoms with van der Waals surface area (Å²) in [6.45, 7) is 1.83. The first-order valence-corrected chi connectivity index (χ1v) is 7.32. The average Bonchev–Trinajstić information content (AvgIpc) is 2.54. The molecule has 0 fully saturated rings. The third kappa shape index (κ3) is 5.40. The van der Waals surface area contributed by atoms with Crippen molar-refractivity contribution in [1.82, 2.24) is 0 Å². The van der Waals surface area contributed by atoms with Crippen LogP contribution >= 0.6 is 12.2 Å². The van der Waals surface area contributed by atoms with Crippen LogP contribution in [0.5, 0.6) is 0 Å². The van der Waals surface area contributed by atoms with Gasteiger partial charge in [-0.05, 0) is 49.0 Å². The van der Waals surface area contributed by atoms with Crippen molar-refractivity contribution < 1.29 is 0 Å². The first-order valence-electron chi connectivity index (χ1n) is 6.91. The number of benzene rings is 2. The third-order valence-electron chi connectivity index (χ3n) is 2.91. The van der Waals surface area contributed by atoms with Gasteiger partial charge in [0.15, 0.2) is 5.11 Å². The van der Waals surface area contributed by atoms with Crippen LogP contribution in [0.25, 0.3) is 0 Å². The van der Waals surface area contributed by atoms with E-state index in [2.05, 4.69) is 20.8 Å². The van der Waals surface area contributed by atoms with E-state index in [0.29, 0.717) is 5.11 Å². The quantitative estimate of drug-likeness (QED) is 0.299. The summed E-state index contributed by atoms with van der Waals surface area (Å²) in [5.41, 5.74) is 13.9. The van der Waals surface area contributed by atoms with Crippen LogP contribution < -0.4 is 22.1 Å². The lowest BCUT2D eigenvalue weighted by atomic mass is 10.1. The van der Waals surface area contributed by atoms with Crippen LogP contribution in [0.3, 0.4) is 0 Å². The smallest absolute Gasteiger partial charge is 0.211 e. The molecule has 23 heavy (non-hydrogen) atoms. The summed E-state index contributed by atoms with van der Waals surface area (Å²) in [6.07, 6.45) is 0. The molecule has 2 aromatic rings. The first-order chi connectivity index (χ1) is 11.0. The van der Waals surface area contributed by atoms with Gasteiger partial charge in [-0.1, -0.05) is 30.3 Å². The minimum Gasteiger partial charge on any atom is -0.369 e. The van der Waals surface area contributed by atoms with Crippen LogP contribution in [0.2, 0.25) is 0 Å². The van der Waals surface area contributed by atoms with Crippen molar-refractivity contribution in [3.05, 3.63) is 60.2 Å². The summed E-state index contributed by atoms with van der Waals surface area (Å²) in [5.74, 6) is -0.0695. The molecule has 0 amide bonds. The zero-order chi connectivity index (χ0) is 16.7. The standard InChI is InChI=1S/C16H18N6S/c1-11(21-22-15(17)18)12-7-9-14(10-8-12)20-16(23)19-13-5-3-2-4-6-13/h2-10H,1H3,(H4,17,18,22)(H2,19,20,23)/b21-11+. The SMILES string of the molecule is C/C(=N\N=C(N)N)c1ccc(NC(=S)Nc2ccccc2)cc1. The monoisotopic (exact) mass is 326 g/mol. The Hall–Kier alpha value is -2.93. The highest BCUT2D eigenvalue weighted by molar-refractivity contribution is 7.80. The lowest BCUT2D eigenvalue weighted by Gasteiger charge is -2.10. The molecule has 0 heterocycles. The number of nitrogens with two attached hydrogens (primary N) is 2. The molecule has 0 unspecified atom stereocenters. The fraction of sp³-hybridized carbons (Fsp3) is 0.0625. The van der Waals surface area contributed by atoms with E-state index in [1.165, 1.54) is 0 Å². The minimum absolute atomic E-state index is 0.0695. The van der Waals surface area contributed by atoms with Crippen molar-refractivity contribution in [1.29, 1.82) is 0 Å². The summed E-state index contributed by atoms with van der Waals surface area (Å²) in [5, 5.41) is 14.3. The fourth-order valence-corrected chi connectivity index (χ4v) is 2.04. The summed E-state index contributed by atoms with van der Waals surface area (Å²) in [4.78, 5) is 0. The van der Waals surface area contributed by atoms with Gasteiger partial charge in [0, 0.05) is 11.4 Å². The first kappa shape index (κ1) is 16.4. The van der Waals surface area contributed by atoms with E-state index in [1.807, 2.05) is 61.5 Å². The number of hydrogen-bond donors (Lipinski definition) is 4. The molecule has 6 N–H and O–H groups in total. The van der Waals surface area contributed by atoms with Gasteiger partial charge in [0.05, 0.1) is 5.71 Å². The molecule has 7 heteroatoms. The molecule has 0 aromatic heterocycles. The van der Waals surface area contributed by atoms with E-state index in [4.69, 9.17) is 23.7 Å². The second-order valence-corrected chi connectivity index (χ2v) is 5.14. The van der Waals surface area contributed by atoms with Crippen LogP contribution in [0.1, 0.15) is 12.5 Å². The summed E-state index contributed by atoms with van der Waals surface area (Å²) < 4.78 is 0. The Morgan fingerprint density at radius 1 is 0.870 bits per heavy atom. The summed E-state index contributed by atoms with van der Waals surface area (Å²) >= 11 is 5.28. The number of rotatable bonds is 4. The predicted molar refractivity (Wildman–Crippen MR) is 101 cm³/mol. The lowest BCUT2D eigenvalue weighted by molar-refractivity contribution is 1.20. The van der Waals surface area contributed by atoms with Gasteiger partial charge in [0.2, 0.25) is 5.96 Å². The Balaban J connectivity index is 1.98. The molecule has 6 nitrogen and oxygen atoms in total. The fourth-order valence-electron chi connectivity index (χ4n) is 1.80. The molecule has 0 aliphatic heterocycles. The number of hydrogen-bond acceptors (Lipinski definition) is 3. The van der Waals surface area contributed by atoms with Crippen LogP contribution in [-0.4, -0.2) is 16.8 Å². The number of nitrogens with zero attached hydrogens (tertiary/aromatic N) is 2. The Morgan fingerprint density at radius 2 is 1.43 bits per heavy atom. The Morgan fingerprint density at radius 3 is 2.00 bits per heavy atom. The van der Waals surface area contributed by atoms with Crippen LogP contribution in [0.15, 0.2) is 64.8 Å². The molecule has 0 bridgehead atoms. The van der Waals surface area contributed by atoms with Gasteiger partial charge in [0.1, 0.15) is 0 Å². The second-order valence-electron chi connectivity index (χ2n) is 4.73. The molecule has 118 valence electrons. The zero-order valence-electron chi connectivity index (χ0n) is 12.7. The van der Waals surface area contributed by atoms with Gasteiger partial charge in [-0.2, -0.15) is 5.10 Å². The van der Waals surface area contributed by atoms with Gasteiger partial charge in [-0.3, -0.25) is 0 Å². The third-order valence-corrected chi connectivity index (χ3v) is 3.11. The van der Waals surface area contributed by atoms with E-state index in [-0.39, 0.29) is 5.96 Å². The molecular weight excluding hydrogens is 308 g/mol. The number of guanidine groups is 1. The number of thiocarbonyl (C=S) groups is 1. The van der Waals surface area contributed by atoms with Crippen molar-refractivity contribution in [3.8, 4) is 0 Å². The summed E-state index contributed by atoms with van der Waals surface area (Å²) in [7, 11) is 0. The zero-order valence-corrected chi connectivity index (χ0v) is 13.5. The molecule has 0 radical (unpaired) electrons. The number of anilines is 2. The molecule has 0 atom stereocenters. The van der Waals surface area contributed by atoms with Crippen molar-refractivity contribution in [2.45, 2.75) is 6.92 Å². The van der Waals surface area contributed by atoms with Crippen molar-refractivity contribution in [2.75, 3.05) is 10.6 Å². The topological polar surface area (TPSA) is 101 Å². The molecule has 0 aliphatic carbocycles. The van der Waals surface area contributed by atoms with E-state index in [1.54, 1.807) is 0 Å². The molecule has 2 aromatic carbocycles. The highest BCUT2D eigenvalue weighted by Gasteiger charge is 2.01. The Kier molecular flexibility index (Phi) is 5.65. The molecule has 0 aliphatic rings. The lowest BCUT2D eigenvalue weighted by Crippen LogP contribution is -2.22. The van der Waals surface area contributed by atoms with Crippen molar-refractivity contribution in [3.63, 3.8) is 0 Å². The van der Waals surface area contributed by atoms with E-state index >= 15 is 0 Å². The van der Waals surface area contributed by atoms with Crippen molar-refractivity contribution >= 4 is 40.4 Å². The van der Waals surface area contributed by atoms with E-state index in [9.17, 15) is 0 Å². The largest absolute Gasteiger partial charge is 0.369 e. The number of nitrogens with one attached hydrogen (secondary N) is 2. The predicted octanol–water partition coefficient (Wildman–Crippen LogP) is 2.49. The second kappa shape index (κ2) is 7.90. The van der Waals surface area contributed by atoms with Gasteiger partial charge >= 0.3 is 0 Å². The molecule has 2 rings (SSSR count). The van der Waals surface area contributed by atoms with Gasteiger partial charge in [-0.15, -0.1) is 5.10 Å². The Bertz CT molecular complexity index is 718. The molecular formula is C16H18N6S. The highest BCUT2D eigenvalue weighted by atomic mass is 32.1. The van der Waals surface area contributed by atoms with Gasteiger partial charge < -0.3 is 22.1 Å². The molecule has 0 spiro atoms. The summed E-state index contributed by atoms with van der Waals surface area (Å²) in [6, 6.07) is 17.4. The highest BCUT2D eigenvalue weighted by Crippen LogP contribution is 2.12.